The molecule has 0 aromatic heterocycles. The molecular weight excluding hydrogens is 529 g/mol. The van der Waals surface area contributed by atoms with Gasteiger partial charge in [0.05, 0.1) is 18.8 Å². The second kappa shape index (κ2) is 16.6. The van der Waals surface area contributed by atoms with E-state index in [1.807, 2.05) is 18.4 Å². The minimum atomic E-state index is -0.952. The molecular formula is C31H44FN3O4S. The summed E-state index contributed by atoms with van der Waals surface area (Å²) in [4.78, 5) is 28.1. The van der Waals surface area contributed by atoms with E-state index < -0.39 is 24.0 Å². The first-order chi connectivity index (χ1) is 19.3. The zero-order chi connectivity index (χ0) is 28.9. The number of nitrogens with one attached hydrogen (secondary N) is 2. The van der Waals surface area contributed by atoms with Crippen LogP contribution in [0.25, 0.3) is 0 Å². The van der Waals surface area contributed by atoms with Gasteiger partial charge in [-0.05, 0) is 79.4 Å². The Morgan fingerprint density at radius 3 is 2.75 bits per heavy atom. The number of carbonyl (C=O) groups excluding carboxylic acids is 2. The van der Waals surface area contributed by atoms with Gasteiger partial charge in [-0.15, -0.1) is 0 Å². The Balaban J connectivity index is 1.82. The predicted molar refractivity (Wildman–Crippen MR) is 159 cm³/mol. The van der Waals surface area contributed by atoms with Crippen LogP contribution in [0.3, 0.4) is 0 Å². The van der Waals surface area contributed by atoms with Crippen molar-refractivity contribution in [1.82, 2.24) is 15.5 Å². The van der Waals surface area contributed by atoms with E-state index in [1.165, 1.54) is 22.6 Å². The number of ether oxygens (including phenoxy) is 1. The number of aliphatic hydroxyl groups excluding tert-OH is 1. The summed E-state index contributed by atoms with van der Waals surface area (Å²) in [5.74, 6) is 0.320. The summed E-state index contributed by atoms with van der Waals surface area (Å²) in [6, 6.07) is 11.4. The van der Waals surface area contributed by atoms with Gasteiger partial charge in [-0.3, -0.25) is 9.59 Å². The van der Waals surface area contributed by atoms with Gasteiger partial charge in [0.15, 0.2) is 0 Å². The molecule has 220 valence electrons. The van der Waals surface area contributed by atoms with Crippen LogP contribution in [0.1, 0.15) is 55.7 Å². The van der Waals surface area contributed by atoms with Gasteiger partial charge in [-0.1, -0.05) is 31.2 Å². The largest absolute Gasteiger partial charge is 0.493 e. The minimum absolute atomic E-state index is 0.0744. The summed E-state index contributed by atoms with van der Waals surface area (Å²) in [7, 11) is 1.68. The molecule has 2 amide bonds. The van der Waals surface area contributed by atoms with E-state index in [4.69, 9.17) is 4.74 Å². The molecule has 0 aliphatic carbocycles. The van der Waals surface area contributed by atoms with Crippen LogP contribution in [0.2, 0.25) is 0 Å². The number of benzene rings is 2. The number of nitrogens with zero attached hydrogens (tertiary/aromatic N) is 1. The minimum Gasteiger partial charge on any atom is -0.493 e. The number of fused-ring (bicyclic) bond motifs is 2. The first-order valence-corrected chi connectivity index (χ1v) is 15.6. The molecule has 0 fully saturated rings. The summed E-state index contributed by atoms with van der Waals surface area (Å²) in [5, 5.41) is 17.6. The van der Waals surface area contributed by atoms with Crippen molar-refractivity contribution in [3.05, 3.63) is 65.0 Å². The lowest BCUT2D eigenvalue weighted by molar-refractivity contribution is -0.139. The van der Waals surface area contributed by atoms with E-state index in [0.717, 1.165) is 24.8 Å². The molecule has 40 heavy (non-hydrogen) atoms. The van der Waals surface area contributed by atoms with E-state index >= 15 is 0 Å². The van der Waals surface area contributed by atoms with Crippen LogP contribution in [0.15, 0.2) is 42.5 Å². The standard InChI is InChI=1S/C31H44FN3O4S/c1-4-22-9-8-10-23(15-22)20-33-21-29(36)27-18-24-16-25(32)19-26(17-24)39-13-7-5-6-11-30(37)35(2)28(12-14-40-3)31(38)34-27/h8-10,15-17,19,27-29,33,36H,4-7,11-14,18,20-21H2,1-3H3,(H,34,38)/t27-,28?,29+/m0/s1. The molecule has 0 saturated carbocycles. The second-order valence-electron chi connectivity index (χ2n) is 10.4. The Morgan fingerprint density at radius 1 is 1.18 bits per heavy atom. The highest BCUT2D eigenvalue weighted by molar-refractivity contribution is 7.98. The maximum Gasteiger partial charge on any atom is 0.243 e. The molecule has 7 nitrogen and oxygen atoms in total. The number of thioether (sulfide) groups is 1. The third kappa shape index (κ3) is 10.1. The maximum atomic E-state index is 14.5. The third-order valence-electron chi connectivity index (χ3n) is 7.32. The molecule has 3 atom stereocenters. The summed E-state index contributed by atoms with van der Waals surface area (Å²) >= 11 is 1.62. The molecule has 3 rings (SSSR count). The highest BCUT2D eigenvalue weighted by Crippen LogP contribution is 2.20. The van der Waals surface area contributed by atoms with Gasteiger partial charge in [-0.25, -0.2) is 4.39 Å². The number of carbonyl (C=O) groups is 2. The Kier molecular flexibility index (Phi) is 13.2. The summed E-state index contributed by atoms with van der Waals surface area (Å²) in [5.41, 5.74) is 2.97. The van der Waals surface area contributed by atoms with Gasteiger partial charge in [0.2, 0.25) is 11.8 Å². The van der Waals surface area contributed by atoms with E-state index in [0.29, 0.717) is 49.5 Å². The van der Waals surface area contributed by atoms with E-state index in [1.54, 1.807) is 24.9 Å². The SMILES string of the molecule is CCc1cccc(CNC[C@@H](O)[C@@H]2Cc3cc(F)cc(c3)OCCCCCC(=O)N(C)C(CCSC)C(=O)N2)c1. The van der Waals surface area contributed by atoms with Gasteiger partial charge >= 0.3 is 0 Å². The van der Waals surface area contributed by atoms with Crippen LogP contribution in [0.5, 0.6) is 5.75 Å². The van der Waals surface area contributed by atoms with Crippen LogP contribution in [-0.4, -0.2) is 72.2 Å². The topological polar surface area (TPSA) is 90.9 Å². The third-order valence-corrected chi connectivity index (χ3v) is 7.97. The highest BCUT2D eigenvalue weighted by Gasteiger charge is 2.30. The van der Waals surface area contributed by atoms with Gasteiger partial charge in [0, 0.05) is 32.6 Å². The molecule has 0 spiro atoms. The van der Waals surface area contributed by atoms with Gasteiger partial charge in [0.1, 0.15) is 17.6 Å². The normalized spacial score (nSPS) is 20.1. The van der Waals surface area contributed by atoms with Crippen LogP contribution in [0, 0.1) is 5.82 Å². The Morgan fingerprint density at radius 2 is 1.98 bits per heavy atom. The summed E-state index contributed by atoms with van der Waals surface area (Å²) in [6.07, 6.45) is 5.24. The number of amides is 2. The number of rotatable bonds is 9. The van der Waals surface area contributed by atoms with Crippen molar-refractivity contribution in [2.75, 3.05) is 32.2 Å². The fourth-order valence-electron chi connectivity index (χ4n) is 4.93. The second-order valence-corrected chi connectivity index (χ2v) is 11.4. The average molecular weight is 574 g/mol. The van der Waals surface area contributed by atoms with Crippen molar-refractivity contribution in [2.45, 2.75) is 76.6 Å². The first-order valence-electron chi connectivity index (χ1n) is 14.2. The molecule has 1 heterocycles. The smallest absolute Gasteiger partial charge is 0.243 e. The lowest BCUT2D eigenvalue weighted by Gasteiger charge is -2.31. The molecule has 2 aromatic rings. The molecule has 0 radical (unpaired) electrons. The van der Waals surface area contributed by atoms with Crippen molar-refractivity contribution in [3.63, 3.8) is 0 Å². The quantitative estimate of drug-likeness (QED) is 0.419. The Hall–Kier alpha value is -2.62. The van der Waals surface area contributed by atoms with Gasteiger partial charge in [0.25, 0.3) is 0 Å². The number of aryl methyl sites for hydroxylation is 1. The van der Waals surface area contributed by atoms with E-state index in [9.17, 15) is 19.1 Å². The Bertz CT molecular complexity index is 1100. The van der Waals surface area contributed by atoms with Crippen LogP contribution < -0.4 is 15.4 Å². The van der Waals surface area contributed by atoms with Crippen molar-refractivity contribution < 1.29 is 23.8 Å². The fraction of sp³-hybridized carbons (Fsp3) is 0.548. The van der Waals surface area contributed by atoms with Crippen LogP contribution >= 0.6 is 11.8 Å². The van der Waals surface area contributed by atoms with Crippen molar-refractivity contribution in [1.29, 1.82) is 0 Å². The lowest BCUT2D eigenvalue weighted by atomic mass is 9.99. The zero-order valence-corrected chi connectivity index (χ0v) is 24.8. The van der Waals surface area contributed by atoms with Crippen LogP contribution in [0.4, 0.5) is 4.39 Å². The number of hydrogen-bond donors (Lipinski definition) is 3. The number of hydrogen-bond acceptors (Lipinski definition) is 6. The summed E-state index contributed by atoms with van der Waals surface area (Å²) in [6.45, 7) is 3.33. The molecule has 1 aliphatic rings. The van der Waals surface area contributed by atoms with E-state index in [2.05, 4.69) is 29.7 Å². The molecule has 2 bridgehead atoms. The molecule has 9 heteroatoms. The number of halogens is 1. The summed E-state index contributed by atoms with van der Waals surface area (Å²) < 4.78 is 20.3. The van der Waals surface area contributed by atoms with E-state index in [-0.39, 0.29) is 24.8 Å². The number of likely N-dealkylation sites (N-methyl/N-ethyl adjacent to an activating group) is 1. The average Bonchev–Trinajstić information content (AvgIpc) is 2.93. The molecule has 1 aliphatic heterocycles. The van der Waals surface area contributed by atoms with Crippen LogP contribution in [-0.2, 0) is 29.0 Å². The fourth-order valence-corrected chi connectivity index (χ4v) is 5.39. The van der Waals surface area contributed by atoms with Crippen molar-refractivity contribution >= 4 is 23.6 Å². The van der Waals surface area contributed by atoms with Crippen molar-refractivity contribution in [3.8, 4) is 5.75 Å². The van der Waals surface area contributed by atoms with Gasteiger partial charge < -0.3 is 25.4 Å². The molecule has 0 saturated heterocycles. The molecule has 2 aromatic carbocycles. The lowest BCUT2D eigenvalue weighted by Crippen LogP contribution is -2.55. The first kappa shape index (κ1) is 31.9. The molecule has 1 unspecified atom stereocenters. The predicted octanol–water partition coefficient (Wildman–Crippen LogP) is 4.10. The number of aliphatic hydroxyl groups is 1. The highest BCUT2D eigenvalue weighted by atomic mass is 32.2. The monoisotopic (exact) mass is 573 g/mol. The Labute approximate surface area is 242 Å². The van der Waals surface area contributed by atoms with Gasteiger partial charge in [-0.2, -0.15) is 11.8 Å². The maximum absolute atomic E-state index is 14.5. The molecule has 3 N–H and O–H groups in total. The zero-order valence-electron chi connectivity index (χ0n) is 24.0. The van der Waals surface area contributed by atoms with Crippen molar-refractivity contribution in [2.24, 2.45) is 0 Å².